The van der Waals surface area contributed by atoms with Gasteiger partial charge in [-0.05, 0) is 37.7 Å². The normalized spacial score (nSPS) is 12.9. The van der Waals surface area contributed by atoms with E-state index >= 15 is 0 Å². The van der Waals surface area contributed by atoms with Crippen LogP contribution in [0.5, 0.6) is 0 Å². The standard InChI is InChI=1S/C21H26N4O2/c1-2-13-22-20(26)18-17-12-6-7-15-25(17)19(24-18)21(27)23-14-8-11-16-9-4-3-5-10-16/h2-5,9-10H,1,6-8,11-15H2,(H,22,26)(H,23,27). The van der Waals surface area contributed by atoms with E-state index in [4.69, 9.17) is 0 Å². The summed E-state index contributed by atoms with van der Waals surface area (Å²) in [6, 6.07) is 10.2. The van der Waals surface area contributed by atoms with Crippen LogP contribution >= 0.6 is 0 Å². The van der Waals surface area contributed by atoms with Gasteiger partial charge in [0.25, 0.3) is 11.8 Å². The molecular weight excluding hydrogens is 340 g/mol. The van der Waals surface area contributed by atoms with Gasteiger partial charge in [-0.25, -0.2) is 4.98 Å². The minimum Gasteiger partial charge on any atom is -0.349 e. The number of amides is 2. The molecule has 6 nitrogen and oxygen atoms in total. The highest BCUT2D eigenvalue weighted by atomic mass is 16.2. The van der Waals surface area contributed by atoms with Crippen LogP contribution in [0.4, 0.5) is 0 Å². The lowest BCUT2D eigenvalue weighted by Gasteiger charge is -2.17. The smallest absolute Gasteiger partial charge is 0.287 e. The first-order chi connectivity index (χ1) is 13.2. The van der Waals surface area contributed by atoms with Gasteiger partial charge in [0.05, 0.1) is 5.69 Å². The van der Waals surface area contributed by atoms with E-state index in [0.29, 0.717) is 24.6 Å². The molecule has 0 unspecified atom stereocenters. The molecule has 1 aliphatic rings. The molecule has 0 spiro atoms. The molecule has 2 amide bonds. The van der Waals surface area contributed by atoms with Gasteiger partial charge in [-0.3, -0.25) is 9.59 Å². The Morgan fingerprint density at radius 1 is 1.15 bits per heavy atom. The van der Waals surface area contributed by atoms with E-state index in [1.165, 1.54) is 5.56 Å². The number of carbonyl (C=O) groups excluding carboxylic acids is 2. The van der Waals surface area contributed by atoms with Gasteiger partial charge in [0, 0.05) is 19.6 Å². The van der Waals surface area contributed by atoms with Crippen molar-refractivity contribution in [2.45, 2.75) is 38.6 Å². The number of nitrogens with zero attached hydrogens (tertiary/aromatic N) is 2. The van der Waals surface area contributed by atoms with E-state index in [1.54, 1.807) is 6.08 Å². The molecule has 2 aromatic rings. The minimum atomic E-state index is -0.247. The minimum absolute atomic E-state index is 0.214. The van der Waals surface area contributed by atoms with Gasteiger partial charge < -0.3 is 15.2 Å². The van der Waals surface area contributed by atoms with Crippen LogP contribution in [0.15, 0.2) is 43.0 Å². The zero-order valence-electron chi connectivity index (χ0n) is 15.5. The summed E-state index contributed by atoms with van der Waals surface area (Å²) in [6.45, 7) is 5.29. The first-order valence-electron chi connectivity index (χ1n) is 9.51. The van der Waals surface area contributed by atoms with Crippen LogP contribution in [0.3, 0.4) is 0 Å². The van der Waals surface area contributed by atoms with Gasteiger partial charge >= 0.3 is 0 Å². The quantitative estimate of drug-likeness (QED) is 0.557. The van der Waals surface area contributed by atoms with Crippen molar-refractivity contribution in [2.75, 3.05) is 13.1 Å². The van der Waals surface area contributed by atoms with Crippen molar-refractivity contribution in [2.24, 2.45) is 0 Å². The third-order valence-electron chi connectivity index (χ3n) is 4.71. The molecule has 0 saturated carbocycles. The topological polar surface area (TPSA) is 76.0 Å². The number of rotatable bonds is 8. The molecule has 6 heteroatoms. The van der Waals surface area contributed by atoms with Crippen LogP contribution in [0.2, 0.25) is 0 Å². The summed E-state index contributed by atoms with van der Waals surface area (Å²) in [5.74, 6) is -0.120. The molecule has 0 bridgehead atoms. The fourth-order valence-electron chi connectivity index (χ4n) is 3.36. The Balaban J connectivity index is 1.64. The summed E-state index contributed by atoms with van der Waals surface area (Å²) in [4.78, 5) is 29.4. The largest absolute Gasteiger partial charge is 0.349 e. The van der Waals surface area contributed by atoms with Gasteiger partial charge in [-0.2, -0.15) is 0 Å². The summed E-state index contributed by atoms with van der Waals surface area (Å²) < 4.78 is 1.90. The Bertz CT molecular complexity index is 811. The fraction of sp³-hybridized carbons (Fsp3) is 0.381. The molecule has 0 fully saturated rings. The van der Waals surface area contributed by atoms with Crippen LogP contribution in [-0.4, -0.2) is 34.5 Å². The number of benzene rings is 1. The van der Waals surface area contributed by atoms with E-state index < -0.39 is 0 Å². The molecule has 2 N–H and O–H groups in total. The van der Waals surface area contributed by atoms with Crippen molar-refractivity contribution in [1.82, 2.24) is 20.2 Å². The van der Waals surface area contributed by atoms with E-state index in [-0.39, 0.29) is 11.8 Å². The third kappa shape index (κ3) is 4.64. The number of nitrogens with one attached hydrogen (secondary N) is 2. The van der Waals surface area contributed by atoms with Crippen molar-refractivity contribution < 1.29 is 9.59 Å². The highest BCUT2D eigenvalue weighted by Gasteiger charge is 2.27. The number of imidazole rings is 1. The molecule has 2 heterocycles. The van der Waals surface area contributed by atoms with Gasteiger partial charge in [0.15, 0.2) is 5.82 Å². The Hall–Kier alpha value is -2.89. The highest BCUT2D eigenvalue weighted by Crippen LogP contribution is 2.21. The molecular formula is C21H26N4O2. The van der Waals surface area contributed by atoms with Crippen LogP contribution in [-0.2, 0) is 19.4 Å². The fourth-order valence-corrected chi connectivity index (χ4v) is 3.36. The summed E-state index contributed by atoms with van der Waals surface area (Å²) >= 11 is 0. The van der Waals surface area contributed by atoms with Gasteiger partial charge in [-0.15, -0.1) is 6.58 Å². The Morgan fingerprint density at radius 3 is 2.74 bits per heavy atom. The Morgan fingerprint density at radius 2 is 1.96 bits per heavy atom. The van der Waals surface area contributed by atoms with Crippen LogP contribution < -0.4 is 10.6 Å². The number of carbonyl (C=O) groups is 2. The van der Waals surface area contributed by atoms with Crippen LogP contribution in [0.25, 0.3) is 0 Å². The van der Waals surface area contributed by atoms with Crippen molar-refractivity contribution in [1.29, 1.82) is 0 Å². The average Bonchev–Trinajstić information content (AvgIpc) is 3.10. The predicted molar refractivity (Wildman–Crippen MR) is 105 cm³/mol. The van der Waals surface area contributed by atoms with Crippen molar-refractivity contribution in [3.05, 3.63) is 65.8 Å². The molecule has 142 valence electrons. The second kappa shape index (κ2) is 9.16. The number of hydrogen-bond donors (Lipinski definition) is 2. The number of fused-ring (bicyclic) bond motifs is 1. The molecule has 1 aliphatic heterocycles. The van der Waals surface area contributed by atoms with Gasteiger partial charge in [0.2, 0.25) is 0 Å². The third-order valence-corrected chi connectivity index (χ3v) is 4.71. The zero-order valence-corrected chi connectivity index (χ0v) is 15.5. The number of hydrogen-bond acceptors (Lipinski definition) is 3. The summed E-state index contributed by atoms with van der Waals surface area (Å²) in [7, 11) is 0. The molecule has 1 aromatic carbocycles. The lowest BCUT2D eigenvalue weighted by molar-refractivity contribution is 0.0937. The maximum Gasteiger partial charge on any atom is 0.287 e. The molecule has 0 atom stereocenters. The van der Waals surface area contributed by atoms with E-state index in [9.17, 15) is 9.59 Å². The predicted octanol–water partition coefficient (Wildman–Crippen LogP) is 2.50. The zero-order chi connectivity index (χ0) is 19.1. The second-order valence-electron chi connectivity index (χ2n) is 6.68. The SMILES string of the molecule is C=CCNC(=O)c1nc(C(=O)NCCCc2ccccc2)n2c1CCCC2. The molecule has 0 aliphatic carbocycles. The number of aromatic nitrogens is 2. The van der Waals surface area contributed by atoms with Gasteiger partial charge in [0.1, 0.15) is 5.69 Å². The summed E-state index contributed by atoms with van der Waals surface area (Å²) in [5.41, 5.74) is 2.48. The highest BCUT2D eigenvalue weighted by molar-refractivity contribution is 5.97. The lowest BCUT2D eigenvalue weighted by atomic mass is 10.1. The second-order valence-corrected chi connectivity index (χ2v) is 6.68. The summed E-state index contributed by atoms with van der Waals surface area (Å²) in [5, 5.41) is 5.70. The lowest BCUT2D eigenvalue weighted by Crippen LogP contribution is -2.29. The van der Waals surface area contributed by atoms with Crippen molar-refractivity contribution in [3.63, 3.8) is 0 Å². The monoisotopic (exact) mass is 366 g/mol. The van der Waals surface area contributed by atoms with E-state index in [2.05, 4.69) is 34.3 Å². The first-order valence-corrected chi connectivity index (χ1v) is 9.51. The van der Waals surface area contributed by atoms with Crippen molar-refractivity contribution in [3.8, 4) is 0 Å². The van der Waals surface area contributed by atoms with E-state index in [0.717, 1.165) is 44.3 Å². The maximum atomic E-state index is 12.6. The van der Waals surface area contributed by atoms with Crippen LogP contribution in [0, 0.1) is 0 Å². The van der Waals surface area contributed by atoms with Crippen molar-refractivity contribution >= 4 is 11.8 Å². The van der Waals surface area contributed by atoms with Crippen LogP contribution in [0.1, 0.15) is 51.6 Å². The average molecular weight is 366 g/mol. The molecule has 0 radical (unpaired) electrons. The Kier molecular flexibility index (Phi) is 6.41. The first kappa shape index (κ1) is 18.9. The number of aryl methyl sites for hydroxylation is 1. The summed E-state index contributed by atoms with van der Waals surface area (Å²) in [6.07, 6.45) is 6.16. The Labute approximate surface area is 159 Å². The molecule has 27 heavy (non-hydrogen) atoms. The molecule has 1 aromatic heterocycles. The van der Waals surface area contributed by atoms with E-state index in [1.807, 2.05) is 22.8 Å². The molecule has 0 saturated heterocycles. The maximum absolute atomic E-state index is 12.6. The molecule has 3 rings (SSSR count). The van der Waals surface area contributed by atoms with Gasteiger partial charge in [-0.1, -0.05) is 36.4 Å².